The van der Waals surface area contributed by atoms with Crippen LogP contribution in [0.4, 0.5) is 0 Å². The molecule has 0 radical (unpaired) electrons. The number of carbonyl (C=O) groups is 1. The molecule has 28 heavy (non-hydrogen) atoms. The van der Waals surface area contributed by atoms with E-state index in [0.717, 1.165) is 0 Å². The van der Waals surface area contributed by atoms with E-state index in [0.29, 0.717) is 33.5 Å². The fraction of sp³-hybridized carbons (Fsp3) is 0.105. The van der Waals surface area contributed by atoms with Crippen molar-refractivity contribution in [3.8, 4) is 11.4 Å². The number of ether oxygens (including phenoxy) is 2. The van der Waals surface area contributed by atoms with Crippen LogP contribution in [0.3, 0.4) is 0 Å². The molecule has 2 aromatic heterocycles. The number of hydrogen-bond acceptors (Lipinski definition) is 8. The number of rotatable bonds is 5. The van der Waals surface area contributed by atoms with E-state index in [1.165, 1.54) is 24.2 Å². The lowest BCUT2D eigenvalue weighted by Crippen LogP contribution is -2.08. The first kappa shape index (κ1) is 17.4. The highest BCUT2D eigenvalue weighted by Gasteiger charge is 2.12. The van der Waals surface area contributed by atoms with Crippen molar-refractivity contribution in [3.63, 3.8) is 0 Å². The molecule has 0 unspecified atom stereocenters. The van der Waals surface area contributed by atoms with Crippen LogP contribution in [0.5, 0.6) is 5.75 Å². The Labute approximate surface area is 158 Å². The van der Waals surface area contributed by atoms with Gasteiger partial charge in [-0.05, 0) is 40.8 Å². The maximum Gasteiger partial charge on any atom is 0.338 e. The minimum Gasteiger partial charge on any atom is -0.497 e. The molecule has 0 aliphatic heterocycles. The summed E-state index contributed by atoms with van der Waals surface area (Å²) < 4.78 is 17.2. The minimum absolute atomic E-state index is 0.0810. The Morgan fingerprint density at radius 3 is 2.86 bits per heavy atom. The van der Waals surface area contributed by atoms with Gasteiger partial charge in [0.05, 0.1) is 18.4 Å². The second-order valence-electron chi connectivity index (χ2n) is 5.83. The third-order valence-corrected chi connectivity index (χ3v) is 4.09. The summed E-state index contributed by atoms with van der Waals surface area (Å²) in [6, 6.07) is 13.1. The number of carbonyl (C=O) groups excluding carboxylic acids is 1. The van der Waals surface area contributed by atoms with Gasteiger partial charge in [-0.1, -0.05) is 6.07 Å². The summed E-state index contributed by atoms with van der Waals surface area (Å²) in [5.74, 6) is 0.0223. The molecule has 140 valence electrons. The fourth-order valence-corrected chi connectivity index (χ4v) is 2.74. The van der Waals surface area contributed by atoms with Gasteiger partial charge in [-0.15, -0.1) is 5.10 Å². The van der Waals surface area contributed by atoms with E-state index in [4.69, 9.17) is 13.9 Å². The fourth-order valence-electron chi connectivity index (χ4n) is 2.74. The minimum atomic E-state index is -0.537. The van der Waals surface area contributed by atoms with Gasteiger partial charge in [-0.2, -0.15) is 0 Å². The van der Waals surface area contributed by atoms with E-state index in [-0.39, 0.29) is 6.61 Å². The van der Waals surface area contributed by atoms with Crippen molar-refractivity contribution in [3.05, 3.63) is 76.4 Å². The van der Waals surface area contributed by atoms with E-state index in [1.54, 1.807) is 42.5 Å². The Balaban J connectivity index is 1.57. The third kappa shape index (κ3) is 3.45. The first-order valence-corrected chi connectivity index (χ1v) is 8.25. The summed E-state index contributed by atoms with van der Waals surface area (Å²) in [7, 11) is 1.52. The van der Waals surface area contributed by atoms with Crippen molar-refractivity contribution in [1.29, 1.82) is 0 Å². The molecule has 0 amide bonds. The van der Waals surface area contributed by atoms with Crippen molar-refractivity contribution < 1.29 is 18.7 Å². The summed E-state index contributed by atoms with van der Waals surface area (Å²) >= 11 is 0. The van der Waals surface area contributed by atoms with Crippen LogP contribution in [0.15, 0.2) is 64.1 Å². The number of hydrogen-bond donors (Lipinski definition) is 0. The molecule has 4 rings (SSSR count). The maximum absolute atomic E-state index is 12.5. The molecule has 4 aromatic rings. The van der Waals surface area contributed by atoms with Crippen LogP contribution in [0.1, 0.15) is 15.9 Å². The smallest absolute Gasteiger partial charge is 0.338 e. The monoisotopic (exact) mass is 378 g/mol. The summed E-state index contributed by atoms with van der Waals surface area (Å²) in [6.45, 7) is -0.0810. The van der Waals surface area contributed by atoms with Gasteiger partial charge in [0, 0.05) is 23.1 Å². The van der Waals surface area contributed by atoms with Crippen LogP contribution in [0.25, 0.3) is 16.7 Å². The summed E-state index contributed by atoms with van der Waals surface area (Å²) in [6.07, 6.45) is 1.42. The van der Waals surface area contributed by atoms with E-state index in [1.807, 2.05) is 0 Å². The van der Waals surface area contributed by atoms with Crippen LogP contribution >= 0.6 is 0 Å². The number of aromatic nitrogens is 4. The predicted octanol–water partition coefficient (Wildman–Crippen LogP) is 2.13. The molecule has 0 fully saturated rings. The summed E-state index contributed by atoms with van der Waals surface area (Å²) in [5.41, 5.74) is 1.32. The van der Waals surface area contributed by atoms with Gasteiger partial charge >= 0.3 is 11.6 Å². The normalized spacial score (nSPS) is 10.8. The van der Waals surface area contributed by atoms with Crippen molar-refractivity contribution in [1.82, 2.24) is 20.2 Å². The van der Waals surface area contributed by atoms with Crippen molar-refractivity contribution in [2.24, 2.45) is 0 Å². The second-order valence-corrected chi connectivity index (χ2v) is 5.83. The van der Waals surface area contributed by atoms with Gasteiger partial charge < -0.3 is 13.9 Å². The van der Waals surface area contributed by atoms with Gasteiger partial charge in [-0.3, -0.25) is 0 Å². The zero-order valence-corrected chi connectivity index (χ0v) is 14.7. The SMILES string of the molecule is COc1ccc2c(COC(=O)c3cccc(-n4cnnn4)c3)cc(=O)oc2c1. The van der Waals surface area contributed by atoms with Gasteiger partial charge in [-0.25, -0.2) is 14.3 Å². The average Bonchev–Trinajstić information content (AvgIpc) is 3.26. The second kappa shape index (κ2) is 7.31. The molecule has 0 N–H and O–H groups in total. The zero-order chi connectivity index (χ0) is 19.5. The van der Waals surface area contributed by atoms with Gasteiger partial charge in [0.25, 0.3) is 0 Å². The number of nitrogens with zero attached hydrogens (tertiary/aromatic N) is 4. The van der Waals surface area contributed by atoms with Gasteiger partial charge in [0.2, 0.25) is 0 Å². The topological polar surface area (TPSA) is 109 Å². The highest BCUT2D eigenvalue weighted by molar-refractivity contribution is 5.90. The van der Waals surface area contributed by atoms with Crippen LogP contribution in [-0.2, 0) is 11.3 Å². The van der Waals surface area contributed by atoms with Crippen molar-refractivity contribution in [2.75, 3.05) is 7.11 Å². The average molecular weight is 378 g/mol. The molecule has 0 spiro atoms. The molecule has 9 heteroatoms. The Morgan fingerprint density at radius 2 is 2.07 bits per heavy atom. The Morgan fingerprint density at radius 1 is 1.18 bits per heavy atom. The predicted molar refractivity (Wildman–Crippen MR) is 97.3 cm³/mol. The molecule has 0 atom stereocenters. The Kier molecular flexibility index (Phi) is 4.55. The van der Waals surface area contributed by atoms with Crippen LogP contribution in [-0.4, -0.2) is 33.3 Å². The molecule has 2 aromatic carbocycles. The van der Waals surface area contributed by atoms with E-state index in [2.05, 4.69) is 15.5 Å². The quantitative estimate of drug-likeness (QED) is 0.384. The molecule has 0 saturated heterocycles. The van der Waals surface area contributed by atoms with E-state index >= 15 is 0 Å². The molecular weight excluding hydrogens is 364 g/mol. The van der Waals surface area contributed by atoms with Crippen LogP contribution < -0.4 is 10.4 Å². The summed E-state index contributed by atoms with van der Waals surface area (Å²) in [5, 5.41) is 11.6. The number of esters is 1. The van der Waals surface area contributed by atoms with E-state index < -0.39 is 11.6 Å². The summed E-state index contributed by atoms with van der Waals surface area (Å²) in [4.78, 5) is 24.3. The highest BCUT2D eigenvalue weighted by Crippen LogP contribution is 2.23. The molecule has 0 saturated carbocycles. The number of methoxy groups -OCH3 is 1. The van der Waals surface area contributed by atoms with Crippen molar-refractivity contribution >= 4 is 16.9 Å². The van der Waals surface area contributed by atoms with E-state index in [9.17, 15) is 9.59 Å². The third-order valence-electron chi connectivity index (χ3n) is 4.09. The number of tetrazole rings is 1. The first-order chi connectivity index (χ1) is 13.6. The lowest BCUT2D eigenvalue weighted by atomic mass is 10.1. The molecule has 0 bridgehead atoms. The standard InChI is InChI=1S/C19H14N4O5/c1-26-15-5-6-16-13(8-18(24)28-17(16)9-15)10-27-19(25)12-3-2-4-14(7-12)23-11-20-21-22-23/h2-9,11H,10H2,1H3. The molecule has 0 aliphatic rings. The van der Waals surface area contributed by atoms with Crippen LogP contribution in [0, 0.1) is 0 Å². The first-order valence-electron chi connectivity index (χ1n) is 8.25. The lowest BCUT2D eigenvalue weighted by molar-refractivity contribution is 0.0474. The zero-order valence-electron chi connectivity index (χ0n) is 14.7. The van der Waals surface area contributed by atoms with Crippen molar-refractivity contribution in [2.45, 2.75) is 6.61 Å². The Hall–Kier alpha value is -4.01. The van der Waals surface area contributed by atoms with Gasteiger partial charge in [0.1, 0.15) is 24.3 Å². The molecule has 0 aliphatic carbocycles. The highest BCUT2D eigenvalue weighted by atomic mass is 16.5. The lowest BCUT2D eigenvalue weighted by Gasteiger charge is -2.09. The number of benzene rings is 2. The molecular formula is C19H14N4O5. The molecule has 2 heterocycles. The van der Waals surface area contributed by atoms with Gasteiger partial charge in [0.15, 0.2) is 0 Å². The van der Waals surface area contributed by atoms with Crippen LogP contribution in [0.2, 0.25) is 0 Å². The largest absolute Gasteiger partial charge is 0.497 e. The maximum atomic E-state index is 12.5. The number of fused-ring (bicyclic) bond motifs is 1. The molecule has 9 nitrogen and oxygen atoms in total. The Bertz CT molecular complexity index is 1200.